The van der Waals surface area contributed by atoms with Gasteiger partial charge in [0.1, 0.15) is 11.5 Å². The van der Waals surface area contributed by atoms with Crippen LogP contribution in [0, 0.1) is 6.92 Å². The maximum absolute atomic E-state index is 13.3. The summed E-state index contributed by atoms with van der Waals surface area (Å²) >= 11 is 0. The van der Waals surface area contributed by atoms with Gasteiger partial charge >= 0.3 is 12.3 Å². The lowest BCUT2D eigenvalue weighted by molar-refractivity contribution is -0.274. The Hall–Kier alpha value is -3.49. The molecule has 0 spiro atoms. The quantitative estimate of drug-likeness (QED) is 0.401. The number of phenols is 1. The van der Waals surface area contributed by atoms with Crippen LogP contribution in [0.15, 0.2) is 42.5 Å². The predicted molar refractivity (Wildman–Crippen MR) is 116 cm³/mol. The van der Waals surface area contributed by atoms with Gasteiger partial charge in [0.25, 0.3) is 5.91 Å². The first-order valence-corrected chi connectivity index (χ1v) is 10.5. The second kappa shape index (κ2) is 9.56. The van der Waals surface area contributed by atoms with Crippen LogP contribution in [0.3, 0.4) is 0 Å². The summed E-state index contributed by atoms with van der Waals surface area (Å²) in [6.07, 6.45) is -2.01. The Morgan fingerprint density at radius 2 is 1.76 bits per heavy atom. The van der Waals surface area contributed by atoms with Crippen LogP contribution < -0.4 is 4.74 Å². The zero-order chi connectivity index (χ0) is 24.3. The Morgan fingerprint density at radius 3 is 2.33 bits per heavy atom. The highest BCUT2D eigenvalue weighted by atomic mass is 19.4. The monoisotopic (exact) mass is 463 g/mol. The summed E-state index contributed by atoms with van der Waals surface area (Å²) in [5, 5.41) is 20.4. The van der Waals surface area contributed by atoms with Crippen molar-refractivity contribution in [3.63, 3.8) is 0 Å². The number of halogens is 3. The fourth-order valence-electron chi connectivity index (χ4n) is 4.05. The number of ether oxygens (including phenoxy) is 1. The third-order valence-electron chi connectivity index (χ3n) is 5.52. The molecule has 0 fully saturated rings. The number of carboxylic acids is 1. The van der Waals surface area contributed by atoms with Gasteiger partial charge in [-0.3, -0.25) is 14.2 Å². The van der Waals surface area contributed by atoms with Gasteiger partial charge < -0.3 is 14.9 Å². The molecule has 0 bridgehead atoms. The Morgan fingerprint density at radius 1 is 1.09 bits per heavy atom. The van der Waals surface area contributed by atoms with E-state index in [0.29, 0.717) is 35.0 Å². The highest BCUT2D eigenvalue weighted by Crippen LogP contribution is 2.37. The van der Waals surface area contributed by atoms with Crippen LogP contribution in [0.25, 0.3) is 10.9 Å². The Labute approximate surface area is 188 Å². The number of fused-ring (bicyclic) bond motifs is 1. The zero-order valence-corrected chi connectivity index (χ0v) is 18.1. The molecule has 2 aromatic carbocycles. The average molecular weight is 463 g/mol. The summed E-state index contributed by atoms with van der Waals surface area (Å²) in [6.45, 7) is 3.63. The van der Waals surface area contributed by atoms with Gasteiger partial charge in [-0.1, -0.05) is 26.2 Å². The number of hydrogen-bond donors (Lipinski definition) is 2. The SMILES string of the molecule is CCCCCC(C(=O)O)c1c(C)n(C(=O)c2ccc(OC(F)(F)F)cc2)c2ccc(O)cc12. The van der Waals surface area contributed by atoms with Gasteiger partial charge in [0, 0.05) is 16.6 Å². The molecule has 9 heteroatoms. The summed E-state index contributed by atoms with van der Waals surface area (Å²) < 4.78 is 42.4. The smallest absolute Gasteiger partial charge is 0.508 e. The first-order valence-electron chi connectivity index (χ1n) is 10.5. The molecule has 0 amide bonds. The number of carbonyl (C=O) groups excluding carboxylic acids is 1. The number of rotatable bonds is 8. The molecule has 0 saturated carbocycles. The summed E-state index contributed by atoms with van der Waals surface area (Å²) in [7, 11) is 0. The molecule has 0 radical (unpaired) electrons. The number of alkyl halides is 3. The van der Waals surface area contributed by atoms with Gasteiger partial charge in [-0.25, -0.2) is 0 Å². The summed E-state index contributed by atoms with van der Waals surface area (Å²) in [6, 6.07) is 8.85. The Bertz CT molecular complexity index is 1170. The third kappa shape index (κ3) is 5.30. The van der Waals surface area contributed by atoms with Crippen LogP contribution in [0.5, 0.6) is 11.5 Å². The number of carbonyl (C=O) groups is 2. The topological polar surface area (TPSA) is 88.8 Å². The predicted octanol–water partition coefficient (Wildman–Crippen LogP) is 5.99. The highest BCUT2D eigenvalue weighted by Gasteiger charge is 2.32. The van der Waals surface area contributed by atoms with Crippen molar-refractivity contribution in [1.29, 1.82) is 0 Å². The number of phenolic OH excluding ortho intramolecular Hbond substituents is 1. The molecule has 0 saturated heterocycles. The first-order chi connectivity index (χ1) is 15.5. The van der Waals surface area contributed by atoms with E-state index in [-0.39, 0.29) is 11.3 Å². The molecule has 3 rings (SSSR count). The highest BCUT2D eigenvalue weighted by molar-refractivity contribution is 6.05. The van der Waals surface area contributed by atoms with E-state index in [2.05, 4.69) is 4.74 Å². The Balaban J connectivity index is 2.09. The molecule has 0 aliphatic rings. The minimum absolute atomic E-state index is 0.0697. The van der Waals surface area contributed by atoms with Gasteiger partial charge in [-0.2, -0.15) is 0 Å². The van der Waals surface area contributed by atoms with Gasteiger partial charge in [0.15, 0.2) is 0 Å². The minimum Gasteiger partial charge on any atom is -0.508 e. The maximum Gasteiger partial charge on any atom is 0.573 e. The minimum atomic E-state index is -4.85. The fourth-order valence-corrected chi connectivity index (χ4v) is 4.05. The Kier molecular flexibility index (Phi) is 7.00. The van der Waals surface area contributed by atoms with E-state index >= 15 is 0 Å². The zero-order valence-electron chi connectivity index (χ0n) is 18.1. The molecule has 2 N–H and O–H groups in total. The van der Waals surface area contributed by atoms with Gasteiger partial charge in [0.2, 0.25) is 0 Å². The van der Waals surface area contributed by atoms with Gasteiger partial charge in [-0.05, 0) is 61.4 Å². The van der Waals surface area contributed by atoms with Gasteiger partial charge in [0.05, 0.1) is 11.4 Å². The summed E-state index contributed by atoms with van der Waals surface area (Å²) in [4.78, 5) is 25.4. The molecule has 0 aliphatic heterocycles. The average Bonchev–Trinajstić information content (AvgIpc) is 3.01. The van der Waals surface area contributed by atoms with E-state index in [1.54, 1.807) is 6.92 Å². The molecular weight excluding hydrogens is 439 g/mol. The maximum atomic E-state index is 13.3. The largest absolute Gasteiger partial charge is 0.573 e. The first kappa shape index (κ1) is 24.2. The lowest BCUT2D eigenvalue weighted by Gasteiger charge is -2.14. The molecule has 1 heterocycles. The van der Waals surface area contributed by atoms with Crippen LogP contribution in [0.4, 0.5) is 13.2 Å². The molecule has 3 aromatic rings. The van der Waals surface area contributed by atoms with Crippen molar-refractivity contribution in [2.45, 2.75) is 51.8 Å². The second-order valence-electron chi connectivity index (χ2n) is 7.80. The van der Waals surface area contributed by atoms with E-state index in [4.69, 9.17) is 0 Å². The number of unbranched alkanes of at least 4 members (excludes halogenated alkanes) is 2. The summed E-state index contributed by atoms with van der Waals surface area (Å²) in [5.41, 5.74) is 1.35. The van der Waals surface area contributed by atoms with Crippen molar-refractivity contribution in [1.82, 2.24) is 4.57 Å². The lowest BCUT2D eigenvalue weighted by Crippen LogP contribution is -2.18. The number of aromatic hydroxyl groups is 1. The molecule has 6 nitrogen and oxygen atoms in total. The van der Waals surface area contributed by atoms with Crippen molar-refractivity contribution in [2.24, 2.45) is 0 Å². The molecule has 0 aliphatic carbocycles. The van der Waals surface area contributed by atoms with Crippen molar-refractivity contribution in [2.75, 3.05) is 0 Å². The number of nitrogens with zero attached hydrogens (tertiary/aromatic N) is 1. The molecule has 176 valence electrons. The van der Waals surface area contributed by atoms with Crippen molar-refractivity contribution in [3.05, 3.63) is 59.3 Å². The van der Waals surface area contributed by atoms with Crippen LogP contribution >= 0.6 is 0 Å². The van der Waals surface area contributed by atoms with E-state index in [9.17, 15) is 33.0 Å². The number of aromatic nitrogens is 1. The van der Waals surface area contributed by atoms with Crippen molar-refractivity contribution < 1.29 is 37.7 Å². The van der Waals surface area contributed by atoms with E-state index in [1.807, 2.05) is 6.92 Å². The van der Waals surface area contributed by atoms with E-state index in [1.165, 1.54) is 34.9 Å². The fraction of sp³-hybridized carbons (Fsp3) is 0.333. The second-order valence-corrected chi connectivity index (χ2v) is 7.80. The van der Waals surface area contributed by atoms with Crippen molar-refractivity contribution in [3.8, 4) is 11.5 Å². The number of benzene rings is 2. The molecular formula is C24H24F3NO5. The van der Waals surface area contributed by atoms with Crippen molar-refractivity contribution >= 4 is 22.8 Å². The normalized spacial score (nSPS) is 12.6. The van der Waals surface area contributed by atoms with Crippen LogP contribution in [0.2, 0.25) is 0 Å². The van der Waals surface area contributed by atoms with Crippen LogP contribution in [-0.4, -0.2) is 33.0 Å². The van der Waals surface area contributed by atoms with Crippen LogP contribution in [0.1, 0.15) is 60.1 Å². The van der Waals surface area contributed by atoms with Gasteiger partial charge in [-0.15, -0.1) is 13.2 Å². The number of carboxylic acid groups (broad SMARTS) is 1. The lowest BCUT2D eigenvalue weighted by atomic mass is 9.91. The number of aliphatic carboxylic acids is 1. The van der Waals surface area contributed by atoms with E-state index < -0.39 is 29.9 Å². The summed E-state index contributed by atoms with van der Waals surface area (Å²) in [5.74, 6) is -2.97. The molecule has 1 unspecified atom stereocenters. The molecule has 33 heavy (non-hydrogen) atoms. The standard InChI is InChI=1S/C24H24F3NO5/c1-3-4-5-6-18(23(31)32)21-14(2)28(20-12-9-16(29)13-19(20)21)22(30)15-7-10-17(11-8-15)33-24(25,26)27/h7-13,18,29H,3-6H2,1-2H3,(H,31,32). The number of hydrogen-bond acceptors (Lipinski definition) is 4. The van der Waals surface area contributed by atoms with E-state index in [0.717, 1.165) is 25.0 Å². The molecule has 1 aromatic heterocycles. The van der Waals surface area contributed by atoms with Crippen LogP contribution in [-0.2, 0) is 4.79 Å². The molecule has 1 atom stereocenters. The third-order valence-corrected chi connectivity index (χ3v) is 5.52.